The fraction of sp³-hybridized carbons (Fsp3) is 0.267. The largest absolute Gasteiger partial charge is 0.477 e. The van der Waals surface area contributed by atoms with Gasteiger partial charge in [-0.05, 0) is 44.0 Å². The third kappa shape index (κ3) is 2.95. The Morgan fingerprint density at radius 2 is 1.95 bits per heavy atom. The van der Waals surface area contributed by atoms with Crippen molar-refractivity contribution >= 4 is 28.9 Å². The highest BCUT2D eigenvalue weighted by Gasteiger charge is 2.29. The third-order valence-electron chi connectivity index (χ3n) is 3.34. The van der Waals surface area contributed by atoms with Gasteiger partial charge in [-0.25, -0.2) is 9.78 Å². The van der Waals surface area contributed by atoms with E-state index in [1.165, 1.54) is 0 Å². The number of carboxylic acids is 1. The first kappa shape index (κ1) is 13.8. The lowest BCUT2D eigenvalue weighted by molar-refractivity contribution is -0.117. The zero-order chi connectivity index (χ0) is 15.0. The molecule has 2 N–H and O–H groups in total. The number of hydrogen-bond acceptors (Lipinski definition) is 4. The number of carbonyl (C=O) groups excluding carboxylic acids is 1. The number of nitrogens with zero attached hydrogens (tertiary/aromatic N) is 1. The van der Waals surface area contributed by atoms with Crippen molar-refractivity contribution in [3.05, 3.63) is 34.8 Å². The Morgan fingerprint density at radius 1 is 1.29 bits per heavy atom. The molecule has 1 aliphatic carbocycles. The van der Waals surface area contributed by atoms with Crippen LogP contribution in [0.4, 0.5) is 5.69 Å². The van der Waals surface area contributed by atoms with Crippen LogP contribution < -0.4 is 5.32 Å². The maximum Gasteiger partial charge on any atom is 0.347 e. The molecule has 0 bridgehead atoms. The number of carbonyl (C=O) groups is 2. The molecular weight excluding hydrogens is 288 g/mol. The molecule has 0 saturated heterocycles. The summed E-state index contributed by atoms with van der Waals surface area (Å²) in [5.41, 5.74) is 2.12. The molecule has 0 aliphatic heterocycles. The van der Waals surface area contributed by atoms with E-state index in [-0.39, 0.29) is 16.7 Å². The predicted molar refractivity (Wildman–Crippen MR) is 80.6 cm³/mol. The fourth-order valence-electron chi connectivity index (χ4n) is 2.00. The molecule has 3 rings (SSSR count). The number of rotatable bonds is 4. The molecule has 21 heavy (non-hydrogen) atoms. The SMILES string of the molecule is Cc1nc(-c2ccc(NC(=O)C3CC3)cc2)sc1C(=O)O. The van der Waals surface area contributed by atoms with Gasteiger partial charge in [0.2, 0.25) is 5.91 Å². The van der Waals surface area contributed by atoms with Gasteiger partial charge in [-0.15, -0.1) is 11.3 Å². The van der Waals surface area contributed by atoms with Gasteiger partial charge in [-0.1, -0.05) is 0 Å². The zero-order valence-corrected chi connectivity index (χ0v) is 12.2. The number of anilines is 1. The smallest absolute Gasteiger partial charge is 0.347 e. The van der Waals surface area contributed by atoms with Gasteiger partial charge in [-0.2, -0.15) is 0 Å². The number of carboxylic acid groups (broad SMARTS) is 1. The average molecular weight is 302 g/mol. The summed E-state index contributed by atoms with van der Waals surface area (Å²) in [6.45, 7) is 1.69. The normalized spacial score (nSPS) is 14.0. The van der Waals surface area contributed by atoms with Gasteiger partial charge in [0.05, 0.1) is 5.69 Å². The highest BCUT2D eigenvalue weighted by atomic mass is 32.1. The molecule has 1 heterocycles. The van der Waals surface area contributed by atoms with Gasteiger partial charge >= 0.3 is 5.97 Å². The van der Waals surface area contributed by atoms with Crippen LogP contribution in [-0.2, 0) is 4.79 Å². The number of thiazole rings is 1. The number of nitrogens with one attached hydrogen (secondary N) is 1. The summed E-state index contributed by atoms with van der Waals surface area (Å²) < 4.78 is 0. The molecule has 5 nitrogen and oxygen atoms in total. The van der Waals surface area contributed by atoms with Gasteiger partial charge in [-0.3, -0.25) is 4.79 Å². The van der Waals surface area contributed by atoms with Crippen molar-refractivity contribution < 1.29 is 14.7 Å². The van der Waals surface area contributed by atoms with E-state index in [4.69, 9.17) is 5.11 Å². The molecule has 0 atom stereocenters. The number of benzene rings is 1. The second kappa shape index (κ2) is 5.29. The van der Waals surface area contributed by atoms with Crippen LogP contribution in [0.25, 0.3) is 10.6 Å². The van der Waals surface area contributed by atoms with Crippen molar-refractivity contribution in [2.45, 2.75) is 19.8 Å². The minimum atomic E-state index is -0.954. The van der Waals surface area contributed by atoms with Crippen LogP contribution in [0.3, 0.4) is 0 Å². The summed E-state index contributed by atoms with van der Waals surface area (Å²) in [6, 6.07) is 7.30. The predicted octanol–water partition coefficient (Wildman–Crippen LogP) is 3.17. The maximum absolute atomic E-state index is 11.7. The molecule has 1 aromatic heterocycles. The average Bonchev–Trinajstić information content (AvgIpc) is 3.22. The highest BCUT2D eigenvalue weighted by Crippen LogP contribution is 2.31. The maximum atomic E-state index is 11.7. The van der Waals surface area contributed by atoms with Crippen LogP contribution in [0.5, 0.6) is 0 Å². The van der Waals surface area contributed by atoms with Gasteiger partial charge in [0.15, 0.2) is 0 Å². The van der Waals surface area contributed by atoms with Crippen molar-refractivity contribution in [1.29, 1.82) is 0 Å². The van der Waals surface area contributed by atoms with E-state index in [9.17, 15) is 9.59 Å². The number of aromatic carboxylic acids is 1. The summed E-state index contributed by atoms with van der Waals surface area (Å²) in [7, 11) is 0. The number of hydrogen-bond donors (Lipinski definition) is 2. The van der Waals surface area contributed by atoms with Crippen molar-refractivity contribution in [2.24, 2.45) is 5.92 Å². The molecule has 0 unspecified atom stereocenters. The molecule has 1 aliphatic rings. The molecule has 1 fully saturated rings. The molecule has 108 valence electrons. The second-order valence-electron chi connectivity index (χ2n) is 5.08. The topological polar surface area (TPSA) is 79.3 Å². The van der Waals surface area contributed by atoms with Crippen LogP contribution in [-0.4, -0.2) is 22.0 Å². The van der Waals surface area contributed by atoms with E-state index in [2.05, 4.69) is 10.3 Å². The van der Waals surface area contributed by atoms with Crippen molar-refractivity contribution in [2.75, 3.05) is 5.32 Å². The lowest BCUT2D eigenvalue weighted by Gasteiger charge is -2.04. The van der Waals surface area contributed by atoms with Crippen molar-refractivity contribution in [3.63, 3.8) is 0 Å². The number of amides is 1. The molecule has 1 amide bonds. The Bertz CT molecular complexity index is 702. The van der Waals surface area contributed by atoms with Crippen LogP contribution in [0.2, 0.25) is 0 Å². The first-order chi connectivity index (χ1) is 10.0. The van der Waals surface area contributed by atoms with Gasteiger partial charge in [0.25, 0.3) is 0 Å². The minimum Gasteiger partial charge on any atom is -0.477 e. The van der Waals surface area contributed by atoms with Crippen molar-refractivity contribution in [1.82, 2.24) is 4.98 Å². The molecule has 6 heteroatoms. The minimum absolute atomic E-state index is 0.0704. The van der Waals surface area contributed by atoms with E-state index < -0.39 is 5.97 Å². The van der Waals surface area contributed by atoms with Crippen LogP contribution in [0.1, 0.15) is 28.2 Å². The third-order valence-corrected chi connectivity index (χ3v) is 4.53. The van der Waals surface area contributed by atoms with Gasteiger partial charge < -0.3 is 10.4 Å². The Labute approximate surface area is 125 Å². The summed E-state index contributed by atoms with van der Waals surface area (Å²) in [6.07, 6.45) is 1.94. The molecule has 2 aromatic rings. The Hall–Kier alpha value is -2.21. The number of aromatic nitrogens is 1. The molecule has 1 aromatic carbocycles. The van der Waals surface area contributed by atoms with E-state index in [0.717, 1.165) is 35.4 Å². The monoisotopic (exact) mass is 302 g/mol. The Balaban J connectivity index is 1.78. The first-order valence-corrected chi connectivity index (χ1v) is 7.48. The van der Waals surface area contributed by atoms with Gasteiger partial charge in [0, 0.05) is 17.2 Å². The van der Waals surface area contributed by atoms with Crippen LogP contribution in [0.15, 0.2) is 24.3 Å². The standard InChI is InChI=1S/C15H14N2O3S/c1-8-12(15(19)20)21-14(16-8)10-4-6-11(7-5-10)17-13(18)9-2-3-9/h4-7,9H,2-3H2,1H3,(H,17,18)(H,19,20). The van der Waals surface area contributed by atoms with Crippen LogP contribution in [0, 0.1) is 12.8 Å². The summed E-state index contributed by atoms with van der Waals surface area (Å²) in [4.78, 5) is 27.2. The molecular formula is C15H14N2O3S. The van der Waals surface area contributed by atoms with E-state index >= 15 is 0 Å². The quantitative estimate of drug-likeness (QED) is 0.909. The zero-order valence-electron chi connectivity index (χ0n) is 11.4. The second-order valence-corrected chi connectivity index (χ2v) is 6.08. The van der Waals surface area contributed by atoms with E-state index in [0.29, 0.717) is 10.7 Å². The van der Waals surface area contributed by atoms with Crippen LogP contribution >= 0.6 is 11.3 Å². The number of aryl methyl sites for hydroxylation is 1. The lowest BCUT2D eigenvalue weighted by atomic mass is 10.2. The Morgan fingerprint density at radius 3 is 2.48 bits per heavy atom. The summed E-state index contributed by atoms with van der Waals surface area (Å²) in [5.74, 6) is -0.713. The van der Waals surface area contributed by atoms with E-state index in [1.807, 2.05) is 24.3 Å². The van der Waals surface area contributed by atoms with E-state index in [1.54, 1.807) is 6.92 Å². The highest BCUT2D eigenvalue weighted by molar-refractivity contribution is 7.17. The summed E-state index contributed by atoms with van der Waals surface area (Å²) >= 11 is 1.16. The molecule has 0 radical (unpaired) electrons. The lowest BCUT2D eigenvalue weighted by Crippen LogP contribution is -2.12. The van der Waals surface area contributed by atoms with Crippen molar-refractivity contribution in [3.8, 4) is 10.6 Å². The first-order valence-electron chi connectivity index (χ1n) is 6.66. The summed E-state index contributed by atoms with van der Waals surface area (Å²) in [5, 5.41) is 12.6. The molecule has 0 spiro atoms. The fourth-order valence-corrected chi connectivity index (χ4v) is 2.91. The molecule has 1 saturated carbocycles. The van der Waals surface area contributed by atoms with Gasteiger partial charge in [0.1, 0.15) is 9.88 Å². The Kier molecular flexibility index (Phi) is 3.47.